The van der Waals surface area contributed by atoms with Crippen LogP contribution in [0.2, 0.25) is 0 Å². The van der Waals surface area contributed by atoms with Crippen LogP contribution < -0.4 is 21.5 Å². The quantitative estimate of drug-likeness (QED) is 0.503. The van der Waals surface area contributed by atoms with Crippen molar-refractivity contribution in [1.82, 2.24) is 19.4 Å². The first kappa shape index (κ1) is 19.6. The summed E-state index contributed by atoms with van der Waals surface area (Å²) in [5.74, 6) is -1.37. The number of aryl methyl sites for hydroxylation is 1. The molecule has 0 radical (unpaired) electrons. The molecule has 0 unspecified atom stereocenters. The van der Waals surface area contributed by atoms with Crippen molar-refractivity contribution in [1.29, 1.82) is 0 Å². The molecule has 0 bridgehead atoms. The van der Waals surface area contributed by atoms with E-state index in [2.05, 4.69) is 15.6 Å². The Hall–Kier alpha value is -3.83. The van der Waals surface area contributed by atoms with Gasteiger partial charge >= 0.3 is 6.18 Å². The molecule has 4 rings (SSSR count). The summed E-state index contributed by atoms with van der Waals surface area (Å²) in [5.41, 5.74) is -0.774. The second-order valence-electron chi connectivity index (χ2n) is 8.12. The lowest BCUT2D eigenvalue weighted by molar-refractivity contribution is -0.163. The van der Waals surface area contributed by atoms with Crippen LogP contribution >= 0.6 is 0 Å². The lowest BCUT2D eigenvalue weighted by Gasteiger charge is -2.18. The fraction of sp³-hybridized carbons (Fsp3) is 0.364. The Morgan fingerprint density at radius 2 is 2.03 bits per heavy atom. The monoisotopic (exact) mass is 479 g/mol. The molecule has 34 heavy (non-hydrogen) atoms. The van der Waals surface area contributed by atoms with E-state index in [1.807, 2.05) is 5.32 Å². The van der Waals surface area contributed by atoms with Gasteiger partial charge in [-0.2, -0.15) is 13.2 Å². The van der Waals surface area contributed by atoms with E-state index in [-0.39, 0.29) is 40.0 Å². The van der Waals surface area contributed by atoms with Gasteiger partial charge in [-0.1, -0.05) is 0 Å². The number of pyridine rings is 2. The molecule has 12 heteroatoms. The highest BCUT2D eigenvalue weighted by atomic mass is 19.4. The molecule has 3 heterocycles. The summed E-state index contributed by atoms with van der Waals surface area (Å²) in [5, 5.41) is 7.23. The van der Waals surface area contributed by atoms with Gasteiger partial charge in [0.1, 0.15) is 11.9 Å². The molecule has 9 nitrogen and oxygen atoms in total. The number of nitrogens with one attached hydrogen (secondary N) is 3. The average molecular weight is 479 g/mol. The third-order valence-corrected chi connectivity index (χ3v) is 5.69. The number of alkyl halides is 3. The Kier molecular flexibility index (Phi) is 4.91. The maximum atomic E-state index is 13.3. The van der Waals surface area contributed by atoms with Gasteiger partial charge in [0.05, 0.1) is 27.8 Å². The van der Waals surface area contributed by atoms with Crippen LogP contribution in [-0.4, -0.2) is 39.1 Å². The van der Waals surface area contributed by atoms with Crippen LogP contribution in [0.15, 0.2) is 35.5 Å². The lowest BCUT2D eigenvalue weighted by atomic mass is 10.2. The third-order valence-electron chi connectivity index (χ3n) is 5.69. The van der Waals surface area contributed by atoms with Crippen molar-refractivity contribution in [3.63, 3.8) is 0 Å². The van der Waals surface area contributed by atoms with E-state index < -0.39 is 30.7 Å². The van der Waals surface area contributed by atoms with Gasteiger partial charge in [0.25, 0.3) is 11.5 Å². The van der Waals surface area contributed by atoms with Gasteiger partial charge in [0.2, 0.25) is 5.91 Å². The number of rotatable bonds is 6. The minimum Gasteiger partial charge on any atom is -0.355 e. The maximum absolute atomic E-state index is 13.3. The smallest absolute Gasteiger partial charge is 0.355 e. The van der Waals surface area contributed by atoms with Crippen LogP contribution in [0.1, 0.15) is 40.3 Å². The van der Waals surface area contributed by atoms with Crippen LogP contribution in [0.25, 0.3) is 10.9 Å². The molecule has 0 saturated heterocycles. The number of carbonyl (C=O) groups is 2. The number of halogens is 3. The number of aromatic nitrogens is 3. The first-order valence-electron chi connectivity index (χ1n) is 11.8. The molecule has 3 aromatic heterocycles. The predicted molar refractivity (Wildman–Crippen MR) is 120 cm³/mol. The summed E-state index contributed by atoms with van der Waals surface area (Å²) in [6, 6.07) is 0.552. The van der Waals surface area contributed by atoms with E-state index in [1.165, 1.54) is 22.9 Å². The standard InChI is InChI=1S/C22H23F3N6O3/c1-11(22(23,24)25)31-7-6-16-18(21(31)34)15(10-30(16)3)28-14-8-17(29-19(32)12-4-5-12)27-9-13(14)20(33)26-2/h6-12H,4-5H2,1-3H3,(H,26,33)(H2,27,28,29,32)/t11-/m0/s1/i2D3. The Morgan fingerprint density at radius 1 is 1.29 bits per heavy atom. The molecule has 1 aliphatic carbocycles. The average Bonchev–Trinajstić information content (AvgIpc) is 3.57. The third kappa shape index (κ3) is 4.35. The van der Waals surface area contributed by atoms with Gasteiger partial charge in [-0.15, -0.1) is 0 Å². The normalized spacial score (nSPS) is 16.3. The first-order chi connectivity index (χ1) is 17.2. The van der Waals surface area contributed by atoms with Crippen molar-refractivity contribution in [3.8, 4) is 0 Å². The van der Waals surface area contributed by atoms with Gasteiger partial charge in [-0.05, 0) is 25.8 Å². The largest absolute Gasteiger partial charge is 0.408 e. The summed E-state index contributed by atoms with van der Waals surface area (Å²) >= 11 is 0. The van der Waals surface area contributed by atoms with Gasteiger partial charge < -0.3 is 25.1 Å². The number of nitrogens with zero attached hydrogens (tertiary/aromatic N) is 3. The minimum absolute atomic E-state index is 0.0194. The summed E-state index contributed by atoms with van der Waals surface area (Å²) in [6.45, 7) is -1.95. The zero-order chi connectivity index (χ0) is 27.3. The molecule has 0 aliphatic heterocycles. The molecule has 1 atom stereocenters. The minimum atomic E-state index is -4.67. The van der Waals surface area contributed by atoms with Gasteiger partial charge in [0, 0.05) is 48.7 Å². The number of hydrogen-bond acceptors (Lipinski definition) is 5. The Labute approximate surface area is 196 Å². The highest BCUT2D eigenvalue weighted by Crippen LogP contribution is 2.33. The number of amides is 2. The van der Waals surface area contributed by atoms with Crippen molar-refractivity contribution in [3.05, 3.63) is 46.6 Å². The van der Waals surface area contributed by atoms with Crippen LogP contribution in [0.3, 0.4) is 0 Å². The maximum Gasteiger partial charge on any atom is 0.408 e. The molecule has 2 amide bonds. The molecule has 0 aromatic carbocycles. The SMILES string of the molecule is [2H]C([2H])([2H])NC(=O)c1cnc(NC(=O)C2CC2)cc1Nc1cn(C)c2ccn([C@@H](C)C(F)(F)F)c(=O)c12. The first-order valence-corrected chi connectivity index (χ1v) is 10.3. The number of anilines is 3. The van der Waals surface area contributed by atoms with Crippen LogP contribution in [0, 0.1) is 5.92 Å². The molecular formula is C22H23F3N6O3. The van der Waals surface area contributed by atoms with E-state index in [4.69, 9.17) is 4.11 Å². The Balaban J connectivity index is 1.80. The summed E-state index contributed by atoms with van der Waals surface area (Å²) in [6.07, 6.45) is 0.354. The molecule has 180 valence electrons. The molecule has 1 fully saturated rings. The topological polar surface area (TPSA) is 110 Å². The summed E-state index contributed by atoms with van der Waals surface area (Å²) in [7, 11) is 1.58. The van der Waals surface area contributed by atoms with E-state index in [1.54, 1.807) is 7.05 Å². The van der Waals surface area contributed by atoms with Crippen molar-refractivity contribution >= 4 is 39.9 Å². The highest BCUT2D eigenvalue weighted by Gasteiger charge is 2.38. The Morgan fingerprint density at radius 3 is 2.68 bits per heavy atom. The fourth-order valence-electron chi connectivity index (χ4n) is 3.57. The van der Waals surface area contributed by atoms with Crippen molar-refractivity contribution in [2.45, 2.75) is 32.0 Å². The zero-order valence-electron chi connectivity index (χ0n) is 21.2. The summed E-state index contributed by atoms with van der Waals surface area (Å²) in [4.78, 5) is 42.0. The van der Waals surface area contributed by atoms with E-state index in [0.29, 0.717) is 10.1 Å². The highest BCUT2D eigenvalue weighted by molar-refractivity contribution is 6.03. The number of fused-ring (bicyclic) bond motifs is 1. The van der Waals surface area contributed by atoms with E-state index in [0.717, 1.165) is 32.2 Å². The van der Waals surface area contributed by atoms with Crippen LogP contribution in [-0.2, 0) is 11.8 Å². The molecule has 1 saturated carbocycles. The van der Waals surface area contributed by atoms with Crippen molar-refractivity contribution in [2.24, 2.45) is 13.0 Å². The molecule has 1 aliphatic rings. The zero-order valence-corrected chi connectivity index (χ0v) is 18.2. The number of hydrogen-bond donors (Lipinski definition) is 3. The van der Waals surface area contributed by atoms with Gasteiger partial charge in [-0.3, -0.25) is 14.4 Å². The molecular weight excluding hydrogens is 453 g/mol. The van der Waals surface area contributed by atoms with Crippen molar-refractivity contribution < 1.29 is 26.9 Å². The lowest BCUT2D eigenvalue weighted by Crippen LogP contribution is -2.32. The van der Waals surface area contributed by atoms with E-state index in [9.17, 15) is 27.6 Å². The van der Waals surface area contributed by atoms with Gasteiger partial charge in [0.15, 0.2) is 0 Å². The molecule has 0 spiro atoms. The fourth-order valence-corrected chi connectivity index (χ4v) is 3.57. The second-order valence-corrected chi connectivity index (χ2v) is 8.12. The van der Waals surface area contributed by atoms with Crippen molar-refractivity contribution in [2.75, 3.05) is 17.6 Å². The number of carbonyl (C=O) groups excluding carboxylic acids is 2. The summed E-state index contributed by atoms with van der Waals surface area (Å²) < 4.78 is 64.0. The predicted octanol–water partition coefficient (Wildman–Crippen LogP) is 3.31. The van der Waals surface area contributed by atoms with Crippen LogP contribution in [0.4, 0.5) is 30.4 Å². The Bertz CT molecular complexity index is 1440. The van der Waals surface area contributed by atoms with E-state index >= 15 is 0 Å². The molecule has 3 aromatic rings. The van der Waals surface area contributed by atoms with Gasteiger partial charge in [-0.25, -0.2) is 4.98 Å². The second kappa shape index (κ2) is 8.50. The van der Waals surface area contributed by atoms with Crippen LogP contribution in [0.5, 0.6) is 0 Å². The molecule has 3 N–H and O–H groups in total.